The van der Waals surface area contributed by atoms with Crippen LogP contribution in [0.2, 0.25) is 0 Å². The maximum absolute atomic E-state index is 2.69. The third-order valence-corrected chi connectivity index (χ3v) is 25.1. The lowest BCUT2D eigenvalue weighted by Gasteiger charge is -2.51. The van der Waals surface area contributed by atoms with Crippen LogP contribution < -0.4 is 9.80 Å². The van der Waals surface area contributed by atoms with Gasteiger partial charge in [0, 0.05) is 44.4 Å². The Kier molecular flexibility index (Phi) is 12.8. The minimum absolute atomic E-state index is 0.256. The van der Waals surface area contributed by atoms with Crippen molar-refractivity contribution in [2.24, 2.45) is 0 Å². The molecule has 0 N–H and O–H groups in total. The van der Waals surface area contributed by atoms with Gasteiger partial charge in [0.2, 0.25) is 0 Å². The number of hydrogen-bond donors (Lipinski definition) is 0. The molecule has 0 fully saturated rings. The lowest BCUT2D eigenvalue weighted by molar-refractivity contribution is 0.438. The van der Waals surface area contributed by atoms with Crippen molar-refractivity contribution < 1.29 is 0 Å². The molecule has 0 aliphatic heterocycles. The van der Waals surface area contributed by atoms with Gasteiger partial charge in [0.05, 0.1) is 22.2 Å². The summed E-state index contributed by atoms with van der Waals surface area (Å²) in [5.41, 5.74) is 27.0. The fourth-order valence-corrected chi connectivity index (χ4v) is 20.6. The van der Waals surface area contributed by atoms with Gasteiger partial charge in [-0.3, -0.25) is 0 Å². The largest absolute Gasteiger partial charge is 0.310 e. The first-order valence-electron chi connectivity index (χ1n) is 37.5. The maximum Gasteiger partial charge on any atom is 0.0642 e. The lowest BCUT2D eigenvalue weighted by atomic mass is 9.49. The molecule has 0 bridgehead atoms. The topological polar surface area (TPSA) is 6.48 Å². The summed E-state index contributed by atoms with van der Waals surface area (Å²) in [6, 6.07) is 141. The standard InChI is InChI=1S/C104H72N2/c1-101(2)87-45-25-23-39-79(87)81-55-53-75(61-91(81)101)105(73-51-47-65-27-11-13-31-69(65)59-73)95-63-93-99(85-43-21-19-41-83(85)95)97-77-37-17-15-29-67(77)49-57-89(97)103(93,71-33-7-5-8-34-71)104(72-35-9-6-10-36-72)90-58-50-68-30-16-18-38-78(68)98(90)100-86-44-22-20-42-84(86)96(64-94(100)104)106(74-52-48-66-28-12-14-32-70(66)60-74)76-54-56-82-80-40-24-26-46-88(80)102(3,4)92(82)62-76/h5-64H,1-4H3. The highest BCUT2D eigenvalue weighted by atomic mass is 15.2. The molecule has 0 saturated carbocycles. The zero-order valence-corrected chi connectivity index (χ0v) is 59.5. The van der Waals surface area contributed by atoms with Crippen molar-refractivity contribution in [3.63, 3.8) is 0 Å². The molecule has 4 aliphatic rings. The predicted octanol–water partition coefficient (Wildman–Crippen LogP) is 27.5. The molecule has 2 heteroatoms. The second-order valence-electron chi connectivity index (χ2n) is 30.9. The van der Waals surface area contributed by atoms with E-state index in [-0.39, 0.29) is 10.8 Å². The van der Waals surface area contributed by atoms with Crippen LogP contribution in [-0.2, 0) is 21.7 Å². The fraction of sp³-hybridized carbons (Fsp3) is 0.0769. The number of nitrogens with zero attached hydrogens (tertiary/aromatic N) is 2. The van der Waals surface area contributed by atoms with E-state index in [0.29, 0.717) is 0 Å². The van der Waals surface area contributed by atoms with E-state index in [0.717, 1.165) is 34.1 Å². The molecule has 4 aliphatic carbocycles. The van der Waals surface area contributed by atoms with Crippen molar-refractivity contribution in [1.29, 1.82) is 0 Å². The summed E-state index contributed by atoms with van der Waals surface area (Å²) in [4.78, 5) is 5.24. The molecule has 498 valence electrons. The van der Waals surface area contributed by atoms with Crippen LogP contribution in [0.4, 0.5) is 34.1 Å². The number of anilines is 6. The van der Waals surface area contributed by atoms with Crippen LogP contribution >= 0.6 is 0 Å². The smallest absolute Gasteiger partial charge is 0.0642 e. The van der Waals surface area contributed by atoms with Crippen LogP contribution in [0.25, 0.3) is 109 Å². The highest BCUT2D eigenvalue weighted by Crippen LogP contribution is 2.73. The van der Waals surface area contributed by atoms with Crippen LogP contribution in [0.1, 0.15) is 83.3 Å². The van der Waals surface area contributed by atoms with E-state index in [1.807, 2.05) is 0 Å². The number of rotatable bonds is 9. The average Bonchev–Trinajstić information content (AvgIpc) is 1.46. The Hall–Kier alpha value is -12.9. The first kappa shape index (κ1) is 60.7. The van der Waals surface area contributed by atoms with Crippen molar-refractivity contribution in [3.05, 3.63) is 420 Å². The van der Waals surface area contributed by atoms with Gasteiger partial charge in [-0.15, -0.1) is 0 Å². The Morgan fingerprint density at radius 2 is 0.491 bits per heavy atom. The van der Waals surface area contributed by atoms with Crippen LogP contribution in [-0.4, -0.2) is 0 Å². The average molecular weight is 1350 g/mol. The van der Waals surface area contributed by atoms with E-state index in [1.54, 1.807) is 0 Å². The van der Waals surface area contributed by atoms with Crippen molar-refractivity contribution in [3.8, 4) is 44.5 Å². The monoisotopic (exact) mass is 1350 g/mol. The molecule has 0 heterocycles. The summed E-state index contributed by atoms with van der Waals surface area (Å²) in [5.74, 6) is 0. The van der Waals surface area contributed by atoms with Gasteiger partial charge in [-0.05, 0) is 215 Å². The minimum atomic E-state index is -1.06. The van der Waals surface area contributed by atoms with E-state index in [1.165, 1.54) is 165 Å². The van der Waals surface area contributed by atoms with E-state index in [2.05, 4.69) is 401 Å². The number of benzene rings is 18. The van der Waals surface area contributed by atoms with Gasteiger partial charge in [-0.1, -0.05) is 331 Å². The number of fused-ring (bicyclic) bond motifs is 22. The zero-order valence-electron chi connectivity index (χ0n) is 59.5. The Labute approximate surface area is 618 Å². The molecule has 2 unspecified atom stereocenters. The first-order valence-corrected chi connectivity index (χ1v) is 37.5. The van der Waals surface area contributed by atoms with Gasteiger partial charge in [0.25, 0.3) is 0 Å². The predicted molar refractivity (Wildman–Crippen MR) is 446 cm³/mol. The SMILES string of the molecule is CC1(C)c2ccccc2-c2ccc(N(c3ccc4ccccc4c3)c3cc4c(c5ccccc35)-c3c(ccc5ccccc35)C4(c3ccccc3)C3(c4ccccc4)c4ccc5ccccc5c4-c4c3cc(N(c3ccc5c(c3)C(C)(C)c3ccccc3-5)c3ccc5ccccc5c3)c3ccccc43)cc21. The quantitative estimate of drug-likeness (QED) is 0.142. The summed E-state index contributed by atoms with van der Waals surface area (Å²) >= 11 is 0. The van der Waals surface area contributed by atoms with E-state index in [4.69, 9.17) is 0 Å². The first-order chi connectivity index (χ1) is 52.1. The van der Waals surface area contributed by atoms with Gasteiger partial charge in [-0.25, -0.2) is 0 Å². The summed E-state index contributed by atoms with van der Waals surface area (Å²) in [7, 11) is 0. The molecule has 22 rings (SSSR count). The van der Waals surface area contributed by atoms with E-state index < -0.39 is 10.8 Å². The van der Waals surface area contributed by atoms with E-state index >= 15 is 0 Å². The molecule has 2 nitrogen and oxygen atoms in total. The molecular weight excluding hydrogens is 1280 g/mol. The fourth-order valence-electron chi connectivity index (χ4n) is 20.6. The molecule has 0 aromatic heterocycles. The minimum Gasteiger partial charge on any atom is -0.310 e. The van der Waals surface area contributed by atoms with Crippen LogP contribution in [0, 0.1) is 0 Å². The summed E-state index contributed by atoms with van der Waals surface area (Å²) < 4.78 is 0. The highest BCUT2D eigenvalue weighted by Gasteiger charge is 2.65. The van der Waals surface area contributed by atoms with Crippen LogP contribution in [0.3, 0.4) is 0 Å². The molecule has 0 spiro atoms. The van der Waals surface area contributed by atoms with Crippen molar-refractivity contribution >= 4 is 98.8 Å². The zero-order chi connectivity index (χ0) is 70.4. The molecule has 0 saturated heterocycles. The van der Waals surface area contributed by atoms with Gasteiger partial charge in [-0.2, -0.15) is 0 Å². The summed E-state index contributed by atoms with van der Waals surface area (Å²) in [6.07, 6.45) is 0. The summed E-state index contributed by atoms with van der Waals surface area (Å²) in [5, 5.41) is 14.4. The van der Waals surface area contributed by atoms with Crippen molar-refractivity contribution in [2.75, 3.05) is 9.80 Å². The van der Waals surface area contributed by atoms with Crippen molar-refractivity contribution in [2.45, 2.75) is 49.4 Å². The van der Waals surface area contributed by atoms with Gasteiger partial charge in [0.1, 0.15) is 0 Å². The molecule has 0 radical (unpaired) electrons. The Morgan fingerprint density at radius 3 is 0.915 bits per heavy atom. The van der Waals surface area contributed by atoms with Gasteiger partial charge >= 0.3 is 0 Å². The molecule has 106 heavy (non-hydrogen) atoms. The van der Waals surface area contributed by atoms with Crippen LogP contribution in [0.5, 0.6) is 0 Å². The van der Waals surface area contributed by atoms with Crippen molar-refractivity contribution in [1.82, 2.24) is 0 Å². The summed E-state index contributed by atoms with van der Waals surface area (Å²) in [6.45, 7) is 9.64. The maximum atomic E-state index is 2.69. The molecule has 18 aromatic carbocycles. The molecule has 2 atom stereocenters. The Bertz CT molecular complexity index is 6390. The highest BCUT2D eigenvalue weighted by molar-refractivity contribution is 6.20. The lowest BCUT2D eigenvalue weighted by Crippen LogP contribution is -2.50. The Balaban J connectivity index is 0.930. The second-order valence-corrected chi connectivity index (χ2v) is 30.9. The third kappa shape index (κ3) is 8.11. The number of hydrogen-bond acceptors (Lipinski definition) is 2. The second kappa shape index (κ2) is 22.3. The Morgan fingerprint density at radius 1 is 0.189 bits per heavy atom. The van der Waals surface area contributed by atoms with Gasteiger partial charge in [0.15, 0.2) is 0 Å². The third-order valence-electron chi connectivity index (χ3n) is 25.1. The molecule has 18 aromatic rings. The van der Waals surface area contributed by atoms with Gasteiger partial charge < -0.3 is 9.80 Å². The molecule has 0 amide bonds. The molecular formula is C104H72N2. The van der Waals surface area contributed by atoms with Crippen LogP contribution in [0.15, 0.2) is 364 Å². The van der Waals surface area contributed by atoms with E-state index in [9.17, 15) is 0 Å². The normalized spacial score (nSPS) is 16.5.